The fourth-order valence-electron chi connectivity index (χ4n) is 4.26. The van der Waals surface area contributed by atoms with E-state index < -0.39 is 18.0 Å². The van der Waals surface area contributed by atoms with Crippen molar-refractivity contribution in [1.82, 2.24) is 16.0 Å². The van der Waals surface area contributed by atoms with Gasteiger partial charge in [-0.15, -0.1) is 0 Å². The first-order chi connectivity index (χ1) is 13.9. The van der Waals surface area contributed by atoms with Crippen LogP contribution in [0.25, 0.3) is 0 Å². The van der Waals surface area contributed by atoms with Crippen LogP contribution in [0, 0.1) is 23.7 Å². The van der Waals surface area contributed by atoms with Crippen molar-refractivity contribution in [2.45, 2.75) is 70.7 Å². The average molecular weight is 407 g/mol. The number of nitrogens with zero attached hydrogens (tertiary/aromatic N) is 1. The predicted octanol–water partition coefficient (Wildman–Crippen LogP) is 0.0151. The molecule has 1 aliphatic carbocycles. The summed E-state index contributed by atoms with van der Waals surface area (Å²) in [4.78, 5) is 4.57. The SMILES string of the molecule is CCOC1CCC(C#CC2=C(C)NC(C)=NC2NC2(O)CCC(CO)C2O)CN1. The highest BCUT2D eigenvalue weighted by Crippen LogP contribution is 2.34. The van der Waals surface area contributed by atoms with Crippen molar-refractivity contribution in [1.29, 1.82) is 0 Å². The van der Waals surface area contributed by atoms with E-state index in [1.165, 1.54) is 0 Å². The molecule has 1 saturated heterocycles. The van der Waals surface area contributed by atoms with Crippen molar-refractivity contribution < 1.29 is 20.1 Å². The summed E-state index contributed by atoms with van der Waals surface area (Å²) in [6, 6.07) is 0. The Morgan fingerprint density at radius 2 is 2.10 bits per heavy atom. The van der Waals surface area contributed by atoms with Gasteiger partial charge in [-0.25, -0.2) is 4.99 Å². The Morgan fingerprint density at radius 1 is 1.31 bits per heavy atom. The molecule has 0 bridgehead atoms. The summed E-state index contributed by atoms with van der Waals surface area (Å²) in [6.45, 7) is 7.10. The number of aliphatic hydroxyl groups excluding tert-OH is 2. The maximum atomic E-state index is 10.9. The lowest BCUT2D eigenvalue weighted by Crippen LogP contribution is -2.57. The summed E-state index contributed by atoms with van der Waals surface area (Å²) in [5, 5.41) is 40.5. The normalized spacial score (nSPS) is 37.6. The largest absolute Gasteiger partial charge is 0.396 e. The number of rotatable bonds is 5. The number of piperidine rings is 1. The molecule has 162 valence electrons. The third-order valence-electron chi connectivity index (χ3n) is 5.97. The van der Waals surface area contributed by atoms with Crippen molar-refractivity contribution in [2.24, 2.45) is 16.8 Å². The molecule has 0 amide bonds. The quantitative estimate of drug-likeness (QED) is 0.281. The summed E-state index contributed by atoms with van der Waals surface area (Å²) in [7, 11) is 0. The van der Waals surface area contributed by atoms with E-state index in [0.717, 1.165) is 36.5 Å². The molecule has 8 heteroatoms. The van der Waals surface area contributed by atoms with Crippen LogP contribution in [0.15, 0.2) is 16.3 Å². The van der Waals surface area contributed by atoms with Gasteiger partial charge < -0.3 is 25.4 Å². The van der Waals surface area contributed by atoms with Gasteiger partial charge in [0.05, 0.1) is 11.4 Å². The molecule has 3 rings (SSSR count). The molecule has 2 aliphatic heterocycles. The van der Waals surface area contributed by atoms with E-state index in [9.17, 15) is 15.3 Å². The van der Waals surface area contributed by atoms with Crippen molar-refractivity contribution >= 4 is 5.84 Å². The molecule has 0 aromatic carbocycles. The van der Waals surface area contributed by atoms with Crippen LogP contribution in [0.4, 0.5) is 0 Å². The monoisotopic (exact) mass is 406 g/mol. The zero-order valence-corrected chi connectivity index (χ0v) is 17.5. The van der Waals surface area contributed by atoms with Gasteiger partial charge in [0, 0.05) is 37.3 Å². The zero-order valence-electron chi connectivity index (χ0n) is 17.5. The standard InChI is InChI=1S/C21H34N4O4/c1-4-29-18-8-6-15(11-22-18)5-7-17-13(2)23-14(3)24-20(17)25-21(28)10-9-16(12-26)19(21)27/h15-16,18-20,22,25-28H,4,6,8-12H2,1-3H3,(H,23,24). The number of nitrogens with one attached hydrogen (secondary N) is 3. The number of hydrogen-bond acceptors (Lipinski definition) is 8. The Kier molecular flexibility index (Phi) is 7.32. The lowest BCUT2D eigenvalue weighted by Gasteiger charge is -2.34. The molecule has 1 saturated carbocycles. The molecule has 0 spiro atoms. The van der Waals surface area contributed by atoms with E-state index in [1.54, 1.807) is 0 Å². The van der Waals surface area contributed by atoms with Gasteiger partial charge in [0.25, 0.3) is 0 Å². The molecule has 0 aromatic heterocycles. The van der Waals surface area contributed by atoms with Crippen molar-refractivity contribution in [3.05, 3.63) is 11.3 Å². The number of aliphatic hydroxyl groups is 3. The summed E-state index contributed by atoms with van der Waals surface area (Å²) < 4.78 is 5.61. The van der Waals surface area contributed by atoms with Gasteiger partial charge in [-0.1, -0.05) is 11.8 Å². The predicted molar refractivity (Wildman–Crippen MR) is 111 cm³/mol. The molecule has 6 N–H and O–H groups in total. The number of hydrogen-bond donors (Lipinski definition) is 6. The first-order valence-corrected chi connectivity index (χ1v) is 10.5. The van der Waals surface area contributed by atoms with E-state index in [4.69, 9.17) is 4.74 Å². The van der Waals surface area contributed by atoms with E-state index in [1.807, 2.05) is 20.8 Å². The van der Waals surface area contributed by atoms with Gasteiger partial charge in [0.15, 0.2) is 0 Å². The Bertz CT molecular complexity index is 705. The second-order valence-electron chi connectivity index (χ2n) is 8.17. The van der Waals surface area contributed by atoms with E-state index in [0.29, 0.717) is 19.4 Å². The third-order valence-corrected chi connectivity index (χ3v) is 5.97. The van der Waals surface area contributed by atoms with E-state index in [2.05, 4.69) is 32.8 Å². The first-order valence-electron chi connectivity index (χ1n) is 10.5. The minimum Gasteiger partial charge on any atom is -0.396 e. The van der Waals surface area contributed by atoms with E-state index >= 15 is 0 Å². The number of ether oxygens (including phenoxy) is 1. The molecule has 3 aliphatic rings. The van der Waals surface area contributed by atoms with Crippen LogP contribution in [0.5, 0.6) is 0 Å². The Labute approximate surface area is 172 Å². The first kappa shape index (κ1) is 22.2. The highest BCUT2D eigenvalue weighted by Gasteiger charge is 2.47. The molecule has 0 aromatic rings. The lowest BCUT2D eigenvalue weighted by molar-refractivity contribution is -0.0988. The smallest absolute Gasteiger partial charge is 0.144 e. The van der Waals surface area contributed by atoms with E-state index in [-0.39, 0.29) is 24.7 Å². The summed E-state index contributed by atoms with van der Waals surface area (Å²) >= 11 is 0. The molecule has 6 unspecified atom stereocenters. The Hall–Kier alpha value is -1.47. The minimum absolute atomic E-state index is 0.106. The molecular formula is C21H34N4O4. The van der Waals surface area contributed by atoms with Crippen LogP contribution in [0.1, 0.15) is 46.5 Å². The maximum Gasteiger partial charge on any atom is 0.144 e. The van der Waals surface area contributed by atoms with Crippen molar-refractivity contribution in [3.63, 3.8) is 0 Å². The molecular weight excluding hydrogens is 372 g/mol. The van der Waals surface area contributed by atoms with Crippen molar-refractivity contribution in [2.75, 3.05) is 19.8 Å². The highest BCUT2D eigenvalue weighted by atomic mass is 16.5. The number of aliphatic imine (C=N–C) groups is 1. The average Bonchev–Trinajstić information content (AvgIpc) is 2.96. The van der Waals surface area contributed by atoms with Gasteiger partial charge in [-0.3, -0.25) is 10.6 Å². The molecule has 0 radical (unpaired) electrons. The second-order valence-corrected chi connectivity index (χ2v) is 8.17. The zero-order chi connectivity index (χ0) is 21.0. The van der Waals surface area contributed by atoms with Crippen LogP contribution in [0.2, 0.25) is 0 Å². The third kappa shape index (κ3) is 5.18. The topological polar surface area (TPSA) is 118 Å². The second kappa shape index (κ2) is 9.56. The summed E-state index contributed by atoms with van der Waals surface area (Å²) in [6.07, 6.45) is 1.30. The molecule has 29 heavy (non-hydrogen) atoms. The minimum atomic E-state index is -1.50. The fraction of sp³-hybridized carbons (Fsp3) is 0.762. The van der Waals surface area contributed by atoms with Gasteiger partial charge in [0.2, 0.25) is 0 Å². The Morgan fingerprint density at radius 3 is 2.72 bits per heavy atom. The van der Waals surface area contributed by atoms with Crippen molar-refractivity contribution in [3.8, 4) is 11.8 Å². The van der Waals surface area contributed by atoms with Crippen LogP contribution in [-0.4, -0.2) is 65.1 Å². The summed E-state index contributed by atoms with van der Waals surface area (Å²) in [5.41, 5.74) is 0.146. The summed E-state index contributed by atoms with van der Waals surface area (Å²) in [5.74, 6) is 7.20. The maximum absolute atomic E-state index is 10.9. The molecule has 2 heterocycles. The van der Waals surface area contributed by atoms with Gasteiger partial charge in [-0.2, -0.15) is 0 Å². The highest BCUT2D eigenvalue weighted by molar-refractivity contribution is 5.83. The van der Waals surface area contributed by atoms with Gasteiger partial charge in [0.1, 0.15) is 24.2 Å². The fourth-order valence-corrected chi connectivity index (χ4v) is 4.26. The van der Waals surface area contributed by atoms with Crippen LogP contribution in [-0.2, 0) is 4.74 Å². The number of amidine groups is 1. The van der Waals surface area contributed by atoms with Gasteiger partial charge >= 0.3 is 0 Å². The van der Waals surface area contributed by atoms with Crippen LogP contribution >= 0.6 is 0 Å². The number of allylic oxidation sites excluding steroid dienone is 1. The Balaban J connectivity index is 1.71. The molecule has 8 nitrogen and oxygen atoms in total. The molecule has 6 atom stereocenters. The lowest BCUT2D eigenvalue weighted by atomic mass is 9.97. The van der Waals surface area contributed by atoms with Crippen LogP contribution in [0.3, 0.4) is 0 Å². The molecule has 2 fully saturated rings. The van der Waals surface area contributed by atoms with Gasteiger partial charge in [-0.05, 0) is 46.5 Å². The van der Waals surface area contributed by atoms with Crippen LogP contribution < -0.4 is 16.0 Å².